The lowest BCUT2D eigenvalue weighted by Crippen LogP contribution is -1.99. The van der Waals surface area contributed by atoms with E-state index in [0.717, 1.165) is 10.0 Å². The van der Waals surface area contributed by atoms with Crippen LogP contribution in [-0.2, 0) is 6.61 Å². The fourth-order valence-corrected chi connectivity index (χ4v) is 2.27. The van der Waals surface area contributed by atoms with E-state index in [1.165, 1.54) is 0 Å². The molecule has 2 aromatic carbocycles. The molecule has 0 aliphatic rings. The van der Waals surface area contributed by atoms with Crippen molar-refractivity contribution in [2.24, 2.45) is 0 Å². The lowest BCUT2D eigenvalue weighted by atomic mass is 10.2. The molecule has 1 heterocycles. The minimum atomic E-state index is 0.188. The van der Waals surface area contributed by atoms with Crippen LogP contribution in [0.1, 0.15) is 12.8 Å². The highest BCUT2D eigenvalue weighted by molar-refractivity contribution is 9.10. The summed E-state index contributed by atoms with van der Waals surface area (Å²) in [5.74, 6) is 2.23. The van der Waals surface area contributed by atoms with E-state index in [-0.39, 0.29) is 6.61 Å². The first-order chi connectivity index (χ1) is 11.3. The van der Waals surface area contributed by atoms with Crippen molar-refractivity contribution >= 4 is 15.9 Å². The molecule has 0 aliphatic heterocycles. The van der Waals surface area contributed by atoms with Gasteiger partial charge in [-0.25, -0.2) is 0 Å². The molecule has 6 heteroatoms. The Morgan fingerprint density at radius 3 is 2.35 bits per heavy atom. The minimum Gasteiger partial charge on any atom is -0.490 e. The second-order valence-electron chi connectivity index (χ2n) is 4.68. The third kappa shape index (κ3) is 3.90. The number of rotatable bonds is 6. The molecule has 0 fully saturated rings. The van der Waals surface area contributed by atoms with Crippen molar-refractivity contribution in [3.63, 3.8) is 0 Å². The average Bonchev–Trinajstić information content (AvgIpc) is 3.04. The van der Waals surface area contributed by atoms with Crippen LogP contribution in [0.3, 0.4) is 0 Å². The molecule has 0 atom stereocenters. The van der Waals surface area contributed by atoms with Gasteiger partial charge in [0, 0.05) is 10.0 Å². The number of halogens is 1. The number of aromatic nitrogens is 2. The SMILES string of the molecule is CCOc1ccccc1OCc1nnc(-c2ccc(Br)cc2)o1. The van der Waals surface area contributed by atoms with Crippen LogP contribution in [0, 0.1) is 0 Å². The monoisotopic (exact) mass is 374 g/mol. The Balaban J connectivity index is 1.69. The van der Waals surface area contributed by atoms with Crippen LogP contribution in [0.2, 0.25) is 0 Å². The van der Waals surface area contributed by atoms with E-state index in [2.05, 4.69) is 26.1 Å². The van der Waals surface area contributed by atoms with Gasteiger partial charge in [0.2, 0.25) is 5.89 Å². The summed E-state index contributed by atoms with van der Waals surface area (Å²) in [6.07, 6.45) is 0. The predicted molar refractivity (Wildman–Crippen MR) is 89.4 cm³/mol. The van der Waals surface area contributed by atoms with Gasteiger partial charge in [0.1, 0.15) is 0 Å². The van der Waals surface area contributed by atoms with Gasteiger partial charge in [0.05, 0.1) is 6.61 Å². The van der Waals surface area contributed by atoms with Crippen molar-refractivity contribution in [1.29, 1.82) is 0 Å². The second kappa shape index (κ2) is 7.28. The summed E-state index contributed by atoms with van der Waals surface area (Å²) in [5.41, 5.74) is 0.863. The maximum atomic E-state index is 5.72. The molecule has 1 aromatic heterocycles. The number of hydrogen-bond acceptors (Lipinski definition) is 5. The van der Waals surface area contributed by atoms with E-state index < -0.39 is 0 Å². The van der Waals surface area contributed by atoms with Gasteiger partial charge < -0.3 is 13.9 Å². The van der Waals surface area contributed by atoms with Crippen molar-refractivity contribution in [3.8, 4) is 23.0 Å². The second-order valence-corrected chi connectivity index (χ2v) is 5.59. The fourth-order valence-electron chi connectivity index (χ4n) is 2.00. The first-order valence-electron chi connectivity index (χ1n) is 7.19. The van der Waals surface area contributed by atoms with Gasteiger partial charge in [0.25, 0.3) is 5.89 Å². The van der Waals surface area contributed by atoms with Gasteiger partial charge in [-0.2, -0.15) is 0 Å². The molecule has 5 nitrogen and oxygen atoms in total. The number of benzene rings is 2. The molecule has 0 N–H and O–H groups in total. The zero-order chi connectivity index (χ0) is 16.1. The molecular weight excluding hydrogens is 360 g/mol. The van der Waals surface area contributed by atoms with Gasteiger partial charge in [-0.15, -0.1) is 10.2 Å². The summed E-state index contributed by atoms with van der Waals surface area (Å²) >= 11 is 3.39. The maximum absolute atomic E-state index is 5.72. The molecule has 3 rings (SSSR count). The molecule has 23 heavy (non-hydrogen) atoms. The van der Waals surface area contributed by atoms with E-state index in [1.54, 1.807) is 0 Å². The summed E-state index contributed by atoms with van der Waals surface area (Å²) in [5, 5.41) is 8.06. The highest BCUT2D eigenvalue weighted by Gasteiger charge is 2.10. The van der Waals surface area contributed by atoms with E-state index in [9.17, 15) is 0 Å². The third-order valence-electron chi connectivity index (χ3n) is 3.06. The Morgan fingerprint density at radius 2 is 1.65 bits per heavy atom. The molecule has 0 saturated carbocycles. The summed E-state index contributed by atoms with van der Waals surface area (Å²) in [6, 6.07) is 15.2. The summed E-state index contributed by atoms with van der Waals surface area (Å²) in [6.45, 7) is 2.70. The molecule has 3 aromatic rings. The highest BCUT2D eigenvalue weighted by atomic mass is 79.9. The predicted octanol–water partition coefficient (Wildman–Crippen LogP) is 4.48. The molecule has 0 bridgehead atoms. The zero-order valence-corrected chi connectivity index (χ0v) is 14.1. The Bertz CT molecular complexity index is 772. The van der Waals surface area contributed by atoms with Crippen LogP contribution >= 0.6 is 15.9 Å². The first kappa shape index (κ1) is 15.6. The van der Waals surface area contributed by atoms with E-state index in [1.807, 2.05) is 55.5 Å². The minimum absolute atomic E-state index is 0.188. The summed E-state index contributed by atoms with van der Waals surface area (Å²) < 4.78 is 17.9. The van der Waals surface area contributed by atoms with Gasteiger partial charge >= 0.3 is 0 Å². The van der Waals surface area contributed by atoms with E-state index in [0.29, 0.717) is 29.9 Å². The zero-order valence-electron chi connectivity index (χ0n) is 12.5. The van der Waals surface area contributed by atoms with Gasteiger partial charge in [-0.3, -0.25) is 0 Å². The lowest BCUT2D eigenvalue weighted by molar-refractivity contribution is 0.243. The van der Waals surface area contributed by atoms with Gasteiger partial charge in [-0.1, -0.05) is 28.1 Å². The molecule has 0 amide bonds. The standard InChI is InChI=1S/C17H15BrN2O3/c1-2-21-14-5-3-4-6-15(14)22-11-16-19-20-17(23-16)12-7-9-13(18)10-8-12/h3-10H,2,11H2,1H3. The molecule has 0 spiro atoms. The largest absolute Gasteiger partial charge is 0.490 e. The van der Waals surface area contributed by atoms with Crippen molar-refractivity contribution in [1.82, 2.24) is 10.2 Å². The Labute approximate surface area is 142 Å². The van der Waals surface area contributed by atoms with Gasteiger partial charge in [-0.05, 0) is 43.3 Å². The van der Waals surface area contributed by atoms with Crippen LogP contribution in [0.15, 0.2) is 57.4 Å². The summed E-state index contributed by atoms with van der Waals surface area (Å²) in [4.78, 5) is 0. The molecule has 118 valence electrons. The number of hydrogen-bond donors (Lipinski definition) is 0. The lowest BCUT2D eigenvalue weighted by Gasteiger charge is -2.09. The van der Waals surface area contributed by atoms with E-state index in [4.69, 9.17) is 13.9 Å². The Morgan fingerprint density at radius 1 is 0.957 bits per heavy atom. The Kier molecular flexibility index (Phi) is 4.92. The smallest absolute Gasteiger partial charge is 0.254 e. The van der Waals surface area contributed by atoms with Crippen LogP contribution in [0.5, 0.6) is 11.5 Å². The molecule has 0 saturated heterocycles. The third-order valence-corrected chi connectivity index (χ3v) is 3.59. The van der Waals surface area contributed by atoms with Crippen molar-refractivity contribution < 1.29 is 13.9 Å². The summed E-state index contributed by atoms with van der Waals surface area (Å²) in [7, 11) is 0. The van der Waals surface area contributed by atoms with Crippen LogP contribution in [0.25, 0.3) is 11.5 Å². The molecule has 0 unspecified atom stereocenters. The van der Waals surface area contributed by atoms with Crippen molar-refractivity contribution in [2.75, 3.05) is 6.61 Å². The molecule has 0 radical (unpaired) electrons. The van der Waals surface area contributed by atoms with E-state index >= 15 is 0 Å². The van der Waals surface area contributed by atoms with Crippen LogP contribution < -0.4 is 9.47 Å². The highest BCUT2D eigenvalue weighted by Crippen LogP contribution is 2.27. The first-order valence-corrected chi connectivity index (χ1v) is 7.98. The van der Waals surface area contributed by atoms with Crippen LogP contribution in [0.4, 0.5) is 0 Å². The molecule has 0 aliphatic carbocycles. The quantitative estimate of drug-likeness (QED) is 0.636. The topological polar surface area (TPSA) is 57.4 Å². The van der Waals surface area contributed by atoms with Crippen molar-refractivity contribution in [2.45, 2.75) is 13.5 Å². The van der Waals surface area contributed by atoms with Crippen molar-refractivity contribution in [3.05, 3.63) is 58.9 Å². The fraction of sp³-hybridized carbons (Fsp3) is 0.176. The van der Waals surface area contributed by atoms with Gasteiger partial charge in [0.15, 0.2) is 18.1 Å². The average molecular weight is 375 g/mol. The number of ether oxygens (including phenoxy) is 2. The normalized spacial score (nSPS) is 10.5. The maximum Gasteiger partial charge on any atom is 0.254 e. The number of nitrogens with zero attached hydrogens (tertiary/aromatic N) is 2. The number of para-hydroxylation sites is 2. The Hall–Kier alpha value is -2.34. The molecular formula is C17H15BrN2O3. The van der Waals surface area contributed by atoms with Crippen LogP contribution in [-0.4, -0.2) is 16.8 Å².